The van der Waals surface area contributed by atoms with Crippen LogP contribution in [0.5, 0.6) is 0 Å². The highest BCUT2D eigenvalue weighted by Gasteiger charge is 2.14. The minimum atomic E-state index is -0.534. The van der Waals surface area contributed by atoms with E-state index in [1.807, 2.05) is 17.5 Å². The molecule has 0 aliphatic rings. The molecular formula is C10H17ClN2O2S. The summed E-state index contributed by atoms with van der Waals surface area (Å²) in [6.45, 7) is 0.834. The van der Waals surface area contributed by atoms with Crippen molar-refractivity contribution >= 4 is 29.7 Å². The number of ether oxygens (including phenoxy) is 1. The van der Waals surface area contributed by atoms with E-state index in [0.717, 1.165) is 6.42 Å². The van der Waals surface area contributed by atoms with Crippen molar-refractivity contribution in [2.45, 2.75) is 12.5 Å². The Balaban J connectivity index is 0.00000225. The molecule has 0 fully saturated rings. The molecule has 0 aliphatic carbocycles. The number of carbonyl (C=O) groups is 1. The lowest BCUT2D eigenvalue weighted by Gasteiger charge is -2.12. The second kappa shape index (κ2) is 8.52. The molecule has 4 nitrogen and oxygen atoms in total. The molecule has 0 saturated carbocycles. The van der Waals surface area contributed by atoms with E-state index in [4.69, 9.17) is 10.5 Å². The van der Waals surface area contributed by atoms with Gasteiger partial charge in [0.15, 0.2) is 0 Å². The van der Waals surface area contributed by atoms with Gasteiger partial charge in [-0.05, 0) is 17.9 Å². The van der Waals surface area contributed by atoms with Crippen LogP contribution < -0.4 is 11.1 Å². The van der Waals surface area contributed by atoms with Crippen molar-refractivity contribution in [3.8, 4) is 0 Å². The quantitative estimate of drug-likeness (QED) is 0.799. The van der Waals surface area contributed by atoms with Gasteiger partial charge in [0.25, 0.3) is 0 Å². The number of halogens is 1. The third-order valence-corrected chi connectivity index (χ3v) is 2.98. The summed E-state index contributed by atoms with van der Waals surface area (Å²) in [5, 5.41) is 4.81. The van der Waals surface area contributed by atoms with Gasteiger partial charge in [-0.2, -0.15) is 0 Å². The Bertz CT molecular complexity index is 289. The molecule has 1 aromatic rings. The largest absolute Gasteiger partial charge is 0.370 e. The lowest BCUT2D eigenvalue weighted by Crippen LogP contribution is -2.41. The van der Waals surface area contributed by atoms with E-state index in [1.54, 1.807) is 11.3 Å². The predicted octanol–water partition coefficient (Wildman–Crippen LogP) is 0.802. The van der Waals surface area contributed by atoms with E-state index in [2.05, 4.69) is 5.32 Å². The van der Waals surface area contributed by atoms with Crippen molar-refractivity contribution in [2.75, 3.05) is 20.2 Å². The number of nitrogens with one attached hydrogen (secondary N) is 1. The average Bonchev–Trinajstić information content (AvgIpc) is 2.72. The van der Waals surface area contributed by atoms with Gasteiger partial charge < -0.3 is 15.8 Å². The van der Waals surface area contributed by atoms with Gasteiger partial charge in [0.2, 0.25) is 5.91 Å². The number of nitrogens with two attached hydrogens (primary N) is 1. The Kier molecular flexibility index (Phi) is 8.19. The molecule has 0 bridgehead atoms. The number of carbonyl (C=O) groups excluding carboxylic acids is 1. The first-order valence-corrected chi connectivity index (χ1v) is 5.69. The van der Waals surface area contributed by atoms with Crippen LogP contribution in [0, 0.1) is 0 Å². The fourth-order valence-corrected chi connectivity index (χ4v) is 1.90. The molecule has 1 unspecified atom stereocenters. The van der Waals surface area contributed by atoms with Crippen LogP contribution in [0.25, 0.3) is 0 Å². The second-order valence-electron chi connectivity index (χ2n) is 3.08. The van der Waals surface area contributed by atoms with Gasteiger partial charge in [-0.1, -0.05) is 6.07 Å². The lowest BCUT2D eigenvalue weighted by molar-refractivity contribution is -0.130. The van der Waals surface area contributed by atoms with Crippen molar-refractivity contribution < 1.29 is 9.53 Å². The zero-order chi connectivity index (χ0) is 11.1. The maximum absolute atomic E-state index is 11.4. The molecule has 0 radical (unpaired) electrons. The summed E-state index contributed by atoms with van der Waals surface area (Å²) < 4.78 is 4.91. The fraction of sp³-hybridized carbons (Fsp3) is 0.500. The number of amides is 1. The molecule has 0 aromatic carbocycles. The zero-order valence-corrected chi connectivity index (χ0v) is 10.8. The first-order chi connectivity index (χ1) is 7.27. The molecule has 6 heteroatoms. The summed E-state index contributed by atoms with van der Waals surface area (Å²) >= 11 is 1.69. The van der Waals surface area contributed by atoms with E-state index < -0.39 is 6.10 Å². The van der Waals surface area contributed by atoms with Crippen molar-refractivity contribution in [2.24, 2.45) is 5.73 Å². The minimum absolute atomic E-state index is 0. The third-order valence-electron chi connectivity index (χ3n) is 2.04. The number of hydrogen-bond acceptors (Lipinski definition) is 4. The van der Waals surface area contributed by atoms with Crippen LogP contribution in [0.1, 0.15) is 4.88 Å². The highest BCUT2D eigenvalue weighted by molar-refractivity contribution is 7.09. The fourth-order valence-electron chi connectivity index (χ4n) is 1.19. The smallest absolute Gasteiger partial charge is 0.250 e. The highest BCUT2D eigenvalue weighted by Crippen LogP contribution is 2.08. The van der Waals surface area contributed by atoms with Crippen LogP contribution in [0.4, 0.5) is 0 Å². The summed E-state index contributed by atoms with van der Waals surface area (Å²) in [6.07, 6.45) is 0.318. The first-order valence-electron chi connectivity index (χ1n) is 4.81. The Hall–Kier alpha value is -0.620. The Morgan fingerprint density at radius 2 is 2.44 bits per heavy atom. The summed E-state index contributed by atoms with van der Waals surface area (Å²) in [5.74, 6) is -0.142. The van der Waals surface area contributed by atoms with Crippen LogP contribution in [-0.2, 0) is 16.0 Å². The van der Waals surface area contributed by atoms with Gasteiger partial charge in [0.1, 0.15) is 6.10 Å². The molecular weight excluding hydrogens is 248 g/mol. The second-order valence-corrected chi connectivity index (χ2v) is 4.11. The van der Waals surface area contributed by atoms with Gasteiger partial charge in [-0.15, -0.1) is 23.7 Å². The molecule has 1 heterocycles. The summed E-state index contributed by atoms with van der Waals surface area (Å²) in [4.78, 5) is 12.7. The van der Waals surface area contributed by atoms with Gasteiger partial charge in [0, 0.05) is 25.1 Å². The number of methoxy groups -OCH3 is 1. The number of rotatable bonds is 6. The molecule has 3 N–H and O–H groups in total. The molecule has 1 rings (SSSR count). The summed E-state index contributed by atoms with van der Waals surface area (Å²) in [5.41, 5.74) is 5.37. The number of hydrogen-bond donors (Lipinski definition) is 2. The Labute approximate surface area is 106 Å². The predicted molar refractivity (Wildman–Crippen MR) is 68.1 cm³/mol. The van der Waals surface area contributed by atoms with Gasteiger partial charge in [-0.25, -0.2) is 0 Å². The van der Waals surface area contributed by atoms with Crippen LogP contribution in [-0.4, -0.2) is 32.2 Å². The van der Waals surface area contributed by atoms with Crippen LogP contribution in [0.2, 0.25) is 0 Å². The molecule has 1 aromatic heterocycles. The zero-order valence-electron chi connectivity index (χ0n) is 9.14. The topological polar surface area (TPSA) is 64.3 Å². The summed E-state index contributed by atoms with van der Waals surface area (Å²) in [6, 6.07) is 4.05. The molecule has 0 spiro atoms. The van der Waals surface area contributed by atoms with Gasteiger partial charge in [0.05, 0.1) is 0 Å². The van der Waals surface area contributed by atoms with Crippen molar-refractivity contribution in [3.63, 3.8) is 0 Å². The normalized spacial score (nSPS) is 11.6. The van der Waals surface area contributed by atoms with E-state index >= 15 is 0 Å². The maximum atomic E-state index is 11.4. The van der Waals surface area contributed by atoms with E-state index in [-0.39, 0.29) is 24.9 Å². The monoisotopic (exact) mass is 264 g/mol. The van der Waals surface area contributed by atoms with Crippen molar-refractivity contribution in [3.05, 3.63) is 22.4 Å². The molecule has 0 aliphatic heterocycles. The average molecular weight is 265 g/mol. The van der Waals surface area contributed by atoms with Crippen molar-refractivity contribution in [1.29, 1.82) is 0 Å². The van der Waals surface area contributed by atoms with E-state index in [9.17, 15) is 4.79 Å². The maximum Gasteiger partial charge on any atom is 0.250 e. The minimum Gasteiger partial charge on any atom is -0.370 e. The molecule has 16 heavy (non-hydrogen) atoms. The SMILES string of the molecule is COC(CN)C(=O)NCCc1cccs1.Cl. The molecule has 1 atom stereocenters. The summed E-state index contributed by atoms with van der Waals surface area (Å²) in [7, 11) is 1.48. The standard InChI is InChI=1S/C10H16N2O2S.ClH/c1-14-9(7-11)10(13)12-5-4-8-3-2-6-15-8;/h2-3,6,9H,4-5,7,11H2,1H3,(H,12,13);1H. The van der Waals surface area contributed by atoms with Gasteiger partial charge in [-0.3, -0.25) is 4.79 Å². The molecule has 1 amide bonds. The van der Waals surface area contributed by atoms with Crippen LogP contribution >= 0.6 is 23.7 Å². The lowest BCUT2D eigenvalue weighted by atomic mass is 10.3. The third kappa shape index (κ3) is 4.94. The Morgan fingerprint density at radius 1 is 1.69 bits per heavy atom. The Morgan fingerprint density at radius 3 is 2.94 bits per heavy atom. The van der Waals surface area contributed by atoms with Crippen LogP contribution in [0.3, 0.4) is 0 Å². The first kappa shape index (κ1) is 15.4. The molecule has 0 saturated heterocycles. The van der Waals surface area contributed by atoms with E-state index in [0.29, 0.717) is 6.54 Å². The van der Waals surface area contributed by atoms with Crippen LogP contribution in [0.15, 0.2) is 17.5 Å². The van der Waals surface area contributed by atoms with E-state index in [1.165, 1.54) is 12.0 Å². The molecule has 92 valence electrons. The van der Waals surface area contributed by atoms with Gasteiger partial charge >= 0.3 is 0 Å². The van der Waals surface area contributed by atoms with Crippen molar-refractivity contribution in [1.82, 2.24) is 5.32 Å². The number of thiophene rings is 1. The highest BCUT2D eigenvalue weighted by atomic mass is 35.5.